The minimum Gasteiger partial charge on any atom is -0.322 e. The van der Waals surface area contributed by atoms with Crippen LogP contribution in [0.5, 0.6) is 0 Å². The molecule has 1 aliphatic carbocycles. The SMILES string of the molecule is CC(C)(C)c1ccc(/C=N/N2CC[NH+](C3c4ccccc4-c4ccccc43)CC2)cc1. The van der Waals surface area contributed by atoms with Gasteiger partial charge in [-0.25, -0.2) is 0 Å². The van der Waals surface area contributed by atoms with Gasteiger partial charge in [0.15, 0.2) is 0 Å². The third kappa shape index (κ3) is 3.90. The first-order valence-electron chi connectivity index (χ1n) is 11.4. The Morgan fingerprint density at radius 1 is 0.806 bits per heavy atom. The zero-order valence-electron chi connectivity index (χ0n) is 18.8. The Morgan fingerprint density at radius 2 is 1.35 bits per heavy atom. The molecular weight excluding hydrogens is 378 g/mol. The molecule has 3 nitrogen and oxygen atoms in total. The molecule has 31 heavy (non-hydrogen) atoms. The number of quaternary nitrogens is 1. The summed E-state index contributed by atoms with van der Waals surface area (Å²) in [4.78, 5) is 1.65. The molecule has 0 spiro atoms. The molecule has 2 aliphatic rings. The van der Waals surface area contributed by atoms with E-state index in [0.717, 1.165) is 26.2 Å². The van der Waals surface area contributed by atoms with Crippen LogP contribution in [0.2, 0.25) is 0 Å². The monoisotopic (exact) mass is 410 g/mol. The van der Waals surface area contributed by atoms with Gasteiger partial charge in [-0.15, -0.1) is 0 Å². The van der Waals surface area contributed by atoms with Crippen molar-refractivity contribution in [3.8, 4) is 11.1 Å². The van der Waals surface area contributed by atoms with Crippen LogP contribution >= 0.6 is 0 Å². The lowest BCUT2D eigenvalue weighted by Gasteiger charge is -2.34. The number of benzene rings is 3. The van der Waals surface area contributed by atoms with Gasteiger partial charge in [-0.05, 0) is 27.7 Å². The van der Waals surface area contributed by atoms with Gasteiger partial charge in [0, 0.05) is 11.1 Å². The van der Waals surface area contributed by atoms with E-state index < -0.39 is 0 Å². The van der Waals surface area contributed by atoms with E-state index in [1.807, 2.05) is 6.21 Å². The Balaban J connectivity index is 1.27. The van der Waals surface area contributed by atoms with Crippen molar-refractivity contribution in [1.29, 1.82) is 0 Å². The standard InChI is InChI=1S/C28H31N3/c1-28(2,3)22-14-12-21(13-15-22)20-29-31-18-16-30(17-19-31)27-25-10-6-4-8-23(25)24-9-5-7-11-26(24)27/h4-15,20,27H,16-19H2,1-3H3/p+1/b29-20+. The third-order valence-electron chi connectivity index (χ3n) is 6.77. The van der Waals surface area contributed by atoms with Crippen molar-refractivity contribution in [3.63, 3.8) is 0 Å². The van der Waals surface area contributed by atoms with E-state index >= 15 is 0 Å². The highest BCUT2D eigenvalue weighted by molar-refractivity contribution is 5.79. The molecule has 1 N–H and O–H groups in total. The highest BCUT2D eigenvalue weighted by atomic mass is 15.5. The number of hydrogen-bond donors (Lipinski definition) is 1. The fourth-order valence-corrected chi connectivity index (χ4v) is 5.00. The molecule has 0 amide bonds. The predicted octanol–water partition coefficient (Wildman–Crippen LogP) is 4.29. The zero-order chi connectivity index (χ0) is 21.4. The van der Waals surface area contributed by atoms with Gasteiger partial charge in [0.25, 0.3) is 0 Å². The van der Waals surface area contributed by atoms with Crippen molar-refractivity contribution < 1.29 is 4.90 Å². The number of hydrazone groups is 1. The maximum absolute atomic E-state index is 4.79. The van der Waals surface area contributed by atoms with Gasteiger partial charge in [-0.1, -0.05) is 93.6 Å². The van der Waals surface area contributed by atoms with Crippen LogP contribution in [-0.4, -0.2) is 37.4 Å². The number of piperazine rings is 1. The van der Waals surface area contributed by atoms with Gasteiger partial charge in [-0.2, -0.15) is 5.10 Å². The van der Waals surface area contributed by atoms with Crippen LogP contribution in [0.4, 0.5) is 0 Å². The molecule has 0 atom stereocenters. The van der Waals surface area contributed by atoms with Gasteiger partial charge < -0.3 is 4.90 Å². The molecule has 3 aromatic rings. The van der Waals surface area contributed by atoms with Crippen molar-refractivity contribution in [2.45, 2.75) is 32.2 Å². The number of hydrogen-bond acceptors (Lipinski definition) is 2. The van der Waals surface area contributed by atoms with Crippen LogP contribution in [0.1, 0.15) is 49.1 Å². The molecule has 3 aromatic carbocycles. The minimum absolute atomic E-state index is 0.187. The second kappa shape index (κ2) is 7.97. The quantitative estimate of drug-likeness (QED) is 0.639. The zero-order valence-corrected chi connectivity index (χ0v) is 18.8. The summed E-state index contributed by atoms with van der Waals surface area (Å²) >= 11 is 0. The van der Waals surface area contributed by atoms with Crippen LogP contribution < -0.4 is 4.90 Å². The summed E-state index contributed by atoms with van der Waals surface area (Å²) in [5, 5.41) is 7.02. The molecule has 0 radical (unpaired) electrons. The predicted molar refractivity (Wildman–Crippen MR) is 129 cm³/mol. The second-order valence-corrected chi connectivity index (χ2v) is 9.84. The summed E-state index contributed by atoms with van der Waals surface area (Å²) in [6, 6.07) is 27.1. The summed E-state index contributed by atoms with van der Waals surface area (Å²) in [5.41, 5.74) is 8.50. The molecule has 3 heteroatoms. The van der Waals surface area contributed by atoms with Gasteiger partial charge in [0.1, 0.15) is 6.04 Å². The van der Waals surface area contributed by atoms with Crippen LogP contribution in [0, 0.1) is 0 Å². The van der Waals surface area contributed by atoms with E-state index in [2.05, 4.69) is 98.6 Å². The highest BCUT2D eigenvalue weighted by Crippen LogP contribution is 2.41. The fourth-order valence-electron chi connectivity index (χ4n) is 5.00. The largest absolute Gasteiger partial charge is 0.322 e. The van der Waals surface area contributed by atoms with Crippen molar-refractivity contribution >= 4 is 6.21 Å². The Bertz CT molecular complexity index is 1040. The van der Waals surface area contributed by atoms with Gasteiger partial charge in [0.2, 0.25) is 0 Å². The van der Waals surface area contributed by atoms with Crippen molar-refractivity contribution in [1.82, 2.24) is 5.01 Å². The van der Waals surface area contributed by atoms with Gasteiger partial charge in [-0.3, -0.25) is 5.01 Å². The molecule has 0 unspecified atom stereocenters. The highest BCUT2D eigenvalue weighted by Gasteiger charge is 2.37. The van der Waals surface area contributed by atoms with Crippen LogP contribution in [0.3, 0.4) is 0 Å². The molecular formula is C28H32N3+. The Hall–Kier alpha value is -2.91. The first kappa shape index (κ1) is 20.0. The smallest absolute Gasteiger partial charge is 0.140 e. The molecule has 0 bridgehead atoms. The average molecular weight is 411 g/mol. The van der Waals surface area contributed by atoms with E-state index in [-0.39, 0.29) is 5.41 Å². The van der Waals surface area contributed by atoms with E-state index in [1.54, 1.807) is 4.90 Å². The van der Waals surface area contributed by atoms with Crippen molar-refractivity contribution in [3.05, 3.63) is 95.1 Å². The van der Waals surface area contributed by atoms with Crippen LogP contribution in [-0.2, 0) is 5.41 Å². The Kier molecular flexibility index (Phi) is 5.15. The first-order valence-corrected chi connectivity index (χ1v) is 11.4. The fraction of sp³-hybridized carbons (Fsp3) is 0.321. The van der Waals surface area contributed by atoms with Crippen molar-refractivity contribution in [2.24, 2.45) is 5.10 Å². The Morgan fingerprint density at radius 3 is 1.90 bits per heavy atom. The Labute approximate surface area is 186 Å². The molecule has 1 fully saturated rings. The molecule has 0 saturated carbocycles. The maximum Gasteiger partial charge on any atom is 0.140 e. The lowest BCUT2D eigenvalue weighted by Crippen LogP contribution is -3.14. The van der Waals surface area contributed by atoms with Gasteiger partial charge >= 0.3 is 0 Å². The number of nitrogens with one attached hydrogen (secondary N) is 1. The molecule has 158 valence electrons. The lowest BCUT2D eigenvalue weighted by molar-refractivity contribution is -0.929. The second-order valence-electron chi connectivity index (χ2n) is 9.84. The van der Waals surface area contributed by atoms with Crippen LogP contribution in [0.15, 0.2) is 77.9 Å². The first-order chi connectivity index (χ1) is 15.0. The molecule has 1 aliphatic heterocycles. The maximum atomic E-state index is 4.79. The minimum atomic E-state index is 0.187. The lowest BCUT2D eigenvalue weighted by atomic mass is 9.87. The van der Waals surface area contributed by atoms with Gasteiger partial charge in [0.05, 0.1) is 32.4 Å². The van der Waals surface area contributed by atoms with Crippen molar-refractivity contribution in [2.75, 3.05) is 26.2 Å². The summed E-state index contributed by atoms with van der Waals surface area (Å²) in [5.74, 6) is 0. The average Bonchev–Trinajstić information content (AvgIpc) is 3.12. The summed E-state index contributed by atoms with van der Waals surface area (Å²) in [6.07, 6.45) is 2.01. The molecule has 1 saturated heterocycles. The molecule has 5 rings (SSSR count). The summed E-state index contributed by atoms with van der Waals surface area (Å²) < 4.78 is 0. The molecule has 0 aromatic heterocycles. The summed E-state index contributed by atoms with van der Waals surface area (Å²) in [7, 11) is 0. The molecule has 1 heterocycles. The van der Waals surface area contributed by atoms with E-state index in [1.165, 1.54) is 33.4 Å². The van der Waals surface area contributed by atoms with E-state index in [4.69, 9.17) is 5.10 Å². The normalized spacial score (nSPS) is 17.2. The number of nitrogens with zero attached hydrogens (tertiary/aromatic N) is 2. The van der Waals surface area contributed by atoms with E-state index in [9.17, 15) is 0 Å². The topological polar surface area (TPSA) is 20.0 Å². The summed E-state index contributed by atoms with van der Waals surface area (Å²) in [6.45, 7) is 10.9. The van der Waals surface area contributed by atoms with E-state index in [0.29, 0.717) is 6.04 Å². The number of rotatable bonds is 3. The van der Waals surface area contributed by atoms with Crippen LogP contribution in [0.25, 0.3) is 11.1 Å². The number of fused-ring (bicyclic) bond motifs is 3. The third-order valence-corrected chi connectivity index (χ3v) is 6.77.